The predicted molar refractivity (Wildman–Crippen MR) is 58.7 cm³/mol. The van der Waals surface area contributed by atoms with Gasteiger partial charge in [0.05, 0.1) is 0 Å². The fourth-order valence-electron chi connectivity index (χ4n) is 1.50. The zero-order valence-corrected chi connectivity index (χ0v) is 7.70. The van der Waals surface area contributed by atoms with E-state index >= 15 is 0 Å². The van der Waals surface area contributed by atoms with Crippen LogP contribution in [0.25, 0.3) is 16.8 Å². The molecule has 64 valence electrons. The van der Waals surface area contributed by atoms with Crippen LogP contribution >= 0.6 is 0 Å². The Balaban J connectivity index is 2.62. The minimum absolute atomic E-state index is 1.27. The molecule has 0 atom stereocenters. The average molecular weight is 168 g/mol. The van der Waals surface area contributed by atoms with E-state index in [1.165, 1.54) is 16.3 Å². The molecule has 0 saturated carbocycles. The van der Waals surface area contributed by atoms with Gasteiger partial charge in [-0.05, 0) is 29.3 Å². The number of hydrogen-bond acceptors (Lipinski definition) is 0. The number of allylic oxidation sites excluding steroid dienone is 1. The molecule has 0 aliphatic heterocycles. The lowest BCUT2D eigenvalue weighted by atomic mass is 10.1. The van der Waals surface area contributed by atoms with Gasteiger partial charge in [-0.2, -0.15) is 0 Å². The Labute approximate surface area is 78.5 Å². The van der Waals surface area contributed by atoms with Crippen LogP contribution in [0, 0.1) is 0 Å². The number of benzene rings is 2. The van der Waals surface area contributed by atoms with E-state index in [1.807, 2.05) is 6.92 Å². The first-order valence-electron chi connectivity index (χ1n) is 4.51. The van der Waals surface area contributed by atoms with Gasteiger partial charge in [0.2, 0.25) is 0 Å². The molecule has 0 fully saturated rings. The highest BCUT2D eigenvalue weighted by Gasteiger charge is 1.91. The standard InChI is InChI=1S/C13H12/c1-2-5-11-8-9-12-6-3-4-7-13(12)10-11/h2-10H,1H3/b5-2-. The molecule has 2 aromatic carbocycles. The minimum atomic E-state index is 1.27. The second-order valence-electron chi connectivity index (χ2n) is 3.11. The van der Waals surface area contributed by atoms with Crippen LogP contribution < -0.4 is 0 Å². The van der Waals surface area contributed by atoms with Gasteiger partial charge < -0.3 is 0 Å². The van der Waals surface area contributed by atoms with Crippen molar-refractivity contribution < 1.29 is 0 Å². The summed E-state index contributed by atoms with van der Waals surface area (Å²) in [5.74, 6) is 0. The van der Waals surface area contributed by atoms with Gasteiger partial charge in [-0.3, -0.25) is 0 Å². The maximum Gasteiger partial charge on any atom is -0.0178 e. The molecule has 0 heteroatoms. The molecule has 0 amide bonds. The minimum Gasteiger partial charge on any atom is -0.0871 e. The van der Waals surface area contributed by atoms with Crippen LogP contribution in [0.5, 0.6) is 0 Å². The molecule has 0 aliphatic carbocycles. The molecule has 0 heterocycles. The maximum absolute atomic E-state index is 2.20. The quantitative estimate of drug-likeness (QED) is 0.606. The molecule has 0 spiro atoms. The predicted octanol–water partition coefficient (Wildman–Crippen LogP) is 3.87. The summed E-state index contributed by atoms with van der Waals surface area (Å²) in [7, 11) is 0. The van der Waals surface area contributed by atoms with Crippen LogP contribution in [0.1, 0.15) is 12.5 Å². The summed E-state index contributed by atoms with van der Waals surface area (Å²) in [6, 6.07) is 14.9. The summed E-state index contributed by atoms with van der Waals surface area (Å²) in [4.78, 5) is 0. The average Bonchev–Trinajstić information content (AvgIpc) is 2.18. The van der Waals surface area contributed by atoms with Crippen LogP contribution in [0.2, 0.25) is 0 Å². The Bertz CT molecular complexity index is 438. The third kappa shape index (κ3) is 1.62. The first-order valence-corrected chi connectivity index (χ1v) is 4.51. The van der Waals surface area contributed by atoms with E-state index in [0.717, 1.165) is 0 Å². The summed E-state index contributed by atoms with van der Waals surface area (Å²) < 4.78 is 0. The lowest BCUT2D eigenvalue weighted by Crippen LogP contribution is -1.74. The van der Waals surface area contributed by atoms with E-state index in [4.69, 9.17) is 0 Å². The van der Waals surface area contributed by atoms with E-state index < -0.39 is 0 Å². The van der Waals surface area contributed by atoms with Crippen LogP contribution in [-0.4, -0.2) is 0 Å². The van der Waals surface area contributed by atoms with Crippen molar-refractivity contribution in [2.75, 3.05) is 0 Å². The van der Waals surface area contributed by atoms with Gasteiger partial charge in [0.25, 0.3) is 0 Å². The summed E-state index contributed by atoms with van der Waals surface area (Å²) in [6.45, 7) is 2.04. The first kappa shape index (κ1) is 8.06. The molecular formula is C13H12. The molecule has 0 radical (unpaired) electrons. The van der Waals surface area contributed by atoms with Gasteiger partial charge in [-0.25, -0.2) is 0 Å². The molecular weight excluding hydrogens is 156 g/mol. The van der Waals surface area contributed by atoms with Crippen molar-refractivity contribution in [3.8, 4) is 0 Å². The zero-order valence-electron chi connectivity index (χ0n) is 7.70. The highest BCUT2D eigenvalue weighted by Crippen LogP contribution is 2.16. The summed E-state index contributed by atoms with van der Waals surface area (Å²) in [5.41, 5.74) is 1.27. The largest absolute Gasteiger partial charge is 0.0871 e. The van der Waals surface area contributed by atoms with Crippen molar-refractivity contribution in [2.24, 2.45) is 0 Å². The van der Waals surface area contributed by atoms with Crippen molar-refractivity contribution >= 4 is 16.8 Å². The molecule has 0 saturated heterocycles. The highest BCUT2D eigenvalue weighted by atomic mass is 14.0. The molecule has 2 rings (SSSR count). The topological polar surface area (TPSA) is 0 Å². The second kappa shape index (κ2) is 3.44. The van der Waals surface area contributed by atoms with Crippen LogP contribution in [0.4, 0.5) is 0 Å². The molecule has 0 nitrogen and oxygen atoms in total. The zero-order chi connectivity index (χ0) is 9.10. The molecule has 0 aliphatic rings. The Morgan fingerprint density at radius 1 is 0.923 bits per heavy atom. The Hall–Kier alpha value is -1.56. The van der Waals surface area contributed by atoms with Crippen molar-refractivity contribution in [1.82, 2.24) is 0 Å². The first-order chi connectivity index (χ1) is 6.40. The monoisotopic (exact) mass is 168 g/mol. The third-order valence-electron chi connectivity index (χ3n) is 2.13. The van der Waals surface area contributed by atoms with Gasteiger partial charge in [-0.1, -0.05) is 48.6 Å². The molecule has 0 bridgehead atoms. The van der Waals surface area contributed by atoms with Crippen molar-refractivity contribution in [1.29, 1.82) is 0 Å². The SMILES string of the molecule is C/C=C\c1ccc2ccccc2c1. The third-order valence-corrected chi connectivity index (χ3v) is 2.13. The van der Waals surface area contributed by atoms with Crippen molar-refractivity contribution in [2.45, 2.75) is 6.92 Å². The summed E-state index contributed by atoms with van der Waals surface area (Å²) in [5, 5.41) is 2.61. The van der Waals surface area contributed by atoms with Crippen LogP contribution in [-0.2, 0) is 0 Å². The van der Waals surface area contributed by atoms with E-state index in [-0.39, 0.29) is 0 Å². The highest BCUT2D eigenvalue weighted by molar-refractivity contribution is 5.84. The van der Waals surface area contributed by atoms with Gasteiger partial charge in [0.1, 0.15) is 0 Å². The van der Waals surface area contributed by atoms with E-state index in [1.54, 1.807) is 0 Å². The number of hydrogen-bond donors (Lipinski definition) is 0. The maximum atomic E-state index is 2.20. The Kier molecular flexibility index (Phi) is 2.13. The van der Waals surface area contributed by atoms with E-state index in [2.05, 4.69) is 54.6 Å². The fourth-order valence-corrected chi connectivity index (χ4v) is 1.50. The molecule has 13 heavy (non-hydrogen) atoms. The second-order valence-corrected chi connectivity index (χ2v) is 3.11. The van der Waals surface area contributed by atoms with Crippen LogP contribution in [0.15, 0.2) is 48.5 Å². The smallest absolute Gasteiger partial charge is 0.0178 e. The van der Waals surface area contributed by atoms with Crippen molar-refractivity contribution in [3.63, 3.8) is 0 Å². The van der Waals surface area contributed by atoms with E-state index in [0.29, 0.717) is 0 Å². The fraction of sp³-hybridized carbons (Fsp3) is 0.0769. The van der Waals surface area contributed by atoms with E-state index in [9.17, 15) is 0 Å². The van der Waals surface area contributed by atoms with Gasteiger partial charge in [0.15, 0.2) is 0 Å². The molecule has 0 N–H and O–H groups in total. The Morgan fingerprint density at radius 3 is 2.46 bits per heavy atom. The van der Waals surface area contributed by atoms with Gasteiger partial charge >= 0.3 is 0 Å². The lowest BCUT2D eigenvalue weighted by molar-refractivity contribution is 1.68. The molecule has 0 aromatic heterocycles. The van der Waals surface area contributed by atoms with Gasteiger partial charge in [-0.15, -0.1) is 0 Å². The van der Waals surface area contributed by atoms with Crippen LogP contribution in [0.3, 0.4) is 0 Å². The molecule has 0 unspecified atom stereocenters. The molecule has 2 aromatic rings. The normalized spacial score (nSPS) is 11.2. The summed E-state index contributed by atoms with van der Waals surface area (Å²) >= 11 is 0. The van der Waals surface area contributed by atoms with Crippen molar-refractivity contribution in [3.05, 3.63) is 54.1 Å². The lowest BCUT2D eigenvalue weighted by Gasteiger charge is -1.98. The van der Waals surface area contributed by atoms with Gasteiger partial charge in [0, 0.05) is 0 Å². The Morgan fingerprint density at radius 2 is 1.69 bits per heavy atom. The number of rotatable bonds is 1. The number of fused-ring (bicyclic) bond motifs is 1. The summed E-state index contributed by atoms with van der Waals surface area (Å²) in [6.07, 6.45) is 4.18.